The Balaban J connectivity index is 1.87. The fourth-order valence-electron chi connectivity index (χ4n) is 3.15. The standard InChI is InChI=1S/C23H24N2O3S2/c1-29-21-15-9-14-20(16-21)25(30(2,27)28)17-22(26)24-23(18-10-5-3-6-11-18)19-12-7-4-8-13-19/h3-16,23H,17H2,1-2H3,(H,24,26). The largest absolute Gasteiger partial charge is 0.344 e. The quantitative estimate of drug-likeness (QED) is 0.536. The first-order chi connectivity index (χ1) is 14.4. The third-order valence-electron chi connectivity index (χ3n) is 4.60. The van der Waals surface area contributed by atoms with Crippen LogP contribution in [0.4, 0.5) is 5.69 Å². The van der Waals surface area contributed by atoms with Gasteiger partial charge in [0.2, 0.25) is 15.9 Å². The summed E-state index contributed by atoms with van der Waals surface area (Å²) in [6.07, 6.45) is 3.03. The van der Waals surface area contributed by atoms with Gasteiger partial charge in [-0.2, -0.15) is 0 Å². The maximum absolute atomic E-state index is 13.0. The van der Waals surface area contributed by atoms with Crippen LogP contribution in [-0.4, -0.2) is 33.4 Å². The smallest absolute Gasteiger partial charge is 0.241 e. The Morgan fingerprint density at radius 3 is 2.00 bits per heavy atom. The van der Waals surface area contributed by atoms with Crippen LogP contribution < -0.4 is 9.62 Å². The van der Waals surface area contributed by atoms with Crippen molar-refractivity contribution >= 4 is 33.4 Å². The highest BCUT2D eigenvalue weighted by molar-refractivity contribution is 7.98. The molecule has 7 heteroatoms. The van der Waals surface area contributed by atoms with Crippen molar-refractivity contribution in [2.45, 2.75) is 10.9 Å². The molecule has 0 aliphatic carbocycles. The summed E-state index contributed by atoms with van der Waals surface area (Å²) >= 11 is 1.51. The maximum Gasteiger partial charge on any atom is 0.241 e. The molecular formula is C23H24N2O3S2. The van der Waals surface area contributed by atoms with Crippen molar-refractivity contribution in [1.29, 1.82) is 0 Å². The number of nitrogens with zero attached hydrogens (tertiary/aromatic N) is 1. The molecule has 0 atom stereocenters. The van der Waals surface area contributed by atoms with Gasteiger partial charge in [0.25, 0.3) is 0 Å². The number of carbonyl (C=O) groups is 1. The van der Waals surface area contributed by atoms with Gasteiger partial charge in [-0.15, -0.1) is 11.8 Å². The summed E-state index contributed by atoms with van der Waals surface area (Å²) in [5.74, 6) is -0.382. The molecule has 0 aromatic heterocycles. The van der Waals surface area contributed by atoms with Gasteiger partial charge < -0.3 is 5.32 Å². The fraction of sp³-hybridized carbons (Fsp3) is 0.174. The van der Waals surface area contributed by atoms with Gasteiger partial charge in [0.05, 0.1) is 18.0 Å². The molecule has 3 aromatic rings. The van der Waals surface area contributed by atoms with E-state index in [0.29, 0.717) is 5.69 Å². The molecule has 1 amide bonds. The number of carbonyl (C=O) groups excluding carboxylic acids is 1. The summed E-state index contributed by atoms with van der Waals surface area (Å²) < 4.78 is 26.0. The Hall–Kier alpha value is -2.77. The van der Waals surface area contributed by atoms with E-state index in [1.165, 1.54) is 11.8 Å². The van der Waals surface area contributed by atoms with E-state index < -0.39 is 10.0 Å². The molecule has 0 aliphatic rings. The van der Waals surface area contributed by atoms with Gasteiger partial charge in [-0.05, 0) is 35.6 Å². The second-order valence-electron chi connectivity index (χ2n) is 6.79. The highest BCUT2D eigenvalue weighted by Gasteiger charge is 2.23. The minimum Gasteiger partial charge on any atom is -0.344 e. The number of anilines is 1. The molecule has 0 bridgehead atoms. The number of rotatable bonds is 8. The Morgan fingerprint density at radius 2 is 1.50 bits per heavy atom. The van der Waals surface area contributed by atoms with Crippen molar-refractivity contribution in [3.8, 4) is 0 Å². The van der Waals surface area contributed by atoms with Crippen LogP contribution in [0.1, 0.15) is 17.2 Å². The predicted octanol–water partition coefficient (Wildman–Crippen LogP) is 4.08. The number of benzene rings is 3. The van der Waals surface area contributed by atoms with E-state index in [4.69, 9.17) is 0 Å². The van der Waals surface area contributed by atoms with Crippen molar-refractivity contribution in [1.82, 2.24) is 5.32 Å². The van der Waals surface area contributed by atoms with Gasteiger partial charge in [0.1, 0.15) is 6.54 Å². The zero-order valence-corrected chi connectivity index (χ0v) is 18.5. The maximum atomic E-state index is 13.0. The zero-order valence-electron chi connectivity index (χ0n) is 16.9. The van der Waals surface area contributed by atoms with Gasteiger partial charge in [-0.3, -0.25) is 9.10 Å². The zero-order chi connectivity index (χ0) is 21.6. The van der Waals surface area contributed by atoms with Crippen molar-refractivity contribution in [2.24, 2.45) is 0 Å². The number of nitrogens with one attached hydrogen (secondary N) is 1. The van der Waals surface area contributed by atoms with E-state index >= 15 is 0 Å². The normalized spacial score (nSPS) is 11.3. The molecule has 0 aliphatic heterocycles. The molecule has 0 radical (unpaired) electrons. The molecule has 5 nitrogen and oxygen atoms in total. The molecule has 3 rings (SSSR count). The summed E-state index contributed by atoms with van der Waals surface area (Å²) in [5, 5.41) is 3.00. The lowest BCUT2D eigenvalue weighted by molar-refractivity contribution is -0.120. The first kappa shape index (κ1) is 21.9. The fourth-order valence-corrected chi connectivity index (χ4v) is 4.45. The van der Waals surface area contributed by atoms with Crippen LogP contribution in [0.2, 0.25) is 0 Å². The molecule has 0 fully saturated rings. The van der Waals surface area contributed by atoms with Crippen LogP contribution in [0.3, 0.4) is 0 Å². The topological polar surface area (TPSA) is 66.5 Å². The molecule has 0 saturated heterocycles. The van der Waals surface area contributed by atoms with E-state index in [2.05, 4.69) is 5.32 Å². The van der Waals surface area contributed by atoms with Crippen LogP contribution in [-0.2, 0) is 14.8 Å². The Bertz CT molecular complexity index is 1050. The number of amides is 1. The minimum atomic E-state index is -3.64. The Labute approximate surface area is 182 Å². The van der Waals surface area contributed by atoms with Gasteiger partial charge >= 0.3 is 0 Å². The number of sulfonamides is 1. The molecule has 3 aromatic carbocycles. The summed E-state index contributed by atoms with van der Waals surface area (Å²) in [6.45, 7) is -0.299. The second-order valence-corrected chi connectivity index (χ2v) is 9.58. The van der Waals surface area contributed by atoms with E-state index in [1.54, 1.807) is 18.2 Å². The third kappa shape index (κ3) is 5.64. The van der Waals surface area contributed by atoms with Crippen molar-refractivity contribution in [3.05, 3.63) is 96.1 Å². The Morgan fingerprint density at radius 1 is 0.933 bits per heavy atom. The first-order valence-corrected chi connectivity index (χ1v) is 12.5. The molecule has 0 heterocycles. The monoisotopic (exact) mass is 440 g/mol. The lowest BCUT2D eigenvalue weighted by Gasteiger charge is -2.25. The van der Waals surface area contributed by atoms with Crippen molar-refractivity contribution in [3.63, 3.8) is 0 Å². The molecule has 30 heavy (non-hydrogen) atoms. The van der Waals surface area contributed by atoms with Crippen LogP contribution in [0.5, 0.6) is 0 Å². The van der Waals surface area contributed by atoms with Crippen molar-refractivity contribution in [2.75, 3.05) is 23.4 Å². The van der Waals surface area contributed by atoms with Gasteiger partial charge in [0.15, 0.2) is 0 Å². The highest BCUT2D eigenvalue weighted by Crippen LogP contribution is 2.25. The minimum absolute atomic E-state index is 0.299. The number of hydrogen-bond acceptors (Lipinski definition) is 4. The summed E-state index contributed by atoms with van der Waals surface area (Å²) in [6, 6.07) is 26.0. The molecule has 1 N–H and O–H groups in total. The SMILES string of the molecule is CSc1cccc(N(CC(=O)NC(c2ccccc2)c2ccccc2)S(C)(=O)=O)c1. The summed E-state index contributed by atoms with van der Waals surface area (Å²) in [4.78, 5) is 13.9. The van der Waals surface area contributed by atoms with Crippen LogP contribution in [0.15, 0.2) is 89.8 Å². The summed E-state index contributed by atoms with van der Waals surface area (Å²) in [7, 11) is -3.64. The lowest BCUT2D eigenvalue weighted by Crippen LogP contribution is -2.41. The lowest BCUT2D eigenvalue weighted by atomic mass is 9.99. The van der Waals surface area contributed by atoms with E-state index in [9.17, 15) is 13.2 Å². The number of thioether (sulfide) groups is 1. The van der Waals surface area contributed by atoms with Crippen molar-refractivity contribution < 1.29 is 13.2 Å². The van der Waals surface area contributed by atoms with Crippen LogP contribution in [0, 0.1) is 0 Å². The molecule has 0 unspecified atom stereocenters. The molecule has 0 spiro atoms. The average Bonchev–Trinajstić information content (AvgIpc) is 2.76. The average molecular weight is 441 g/mol. The molecule has 0 saturated carbocycles. The summed E-state index contributed by atoms with van der Waals surface area (Å²) in [5.41, 5.74) is 2.31. The molecular weight excluding hydrogens is 416 g/mol. The second kappa shape index (κ2) is 9.82. The highest BCUT2D eigenvalue weighted by atomic mass is 32.2. The Kier molecular flexibility index (Phi) is 7.18. The third-order valence-corrected chi connectivity index (χ3v) is 6.47. The van der Waals surface area contributed by atoms with Crippen LogP contribution >= 0.6 is 11.8 Å². The van der Waals surface area contributed by atoms with Gasteiger partial charge in [-0.25, -0.2) is 8.42 Å². The number of hydrogen-bond donors (Lipinski definition) is 1. The van der Waals surface area contributed by atoms with Crippen LogP contribution in [0.25, 0.3) is 0 Å². The predicted molar refractivity (Wildman–Crippen MR) is 123 cm³/mol. The first-order valence-electron chi connectivity index (χ1n) is 9.39. The van der Waals surface area contributed by atoms with E-state index in [0.717, 1.165) is 26.6 Å². The van der Waals surface area contributed by atoms with Gasteiger partial charge in [0, 0.05) is 4.90 Å². The molecule has 156 valence electrons. The van der Waals surface area contributed by atoms with E-state index in [1.807, 2.05) is 73.0 Å². The van der Waals surface area contributed by atoms with E-state index in [-0.39, 0.29) is 18.5 Å². The van der Waals surface area contributed by atoms with Gasteiger partial charge in [-0.1, -0.05) is 66.7 Å².